The van der Waals surface area contributed by atoms with Crippen molar-refractivity contribution in [1.82, 2.24) is 14.7 Å². The number of fused-ring (bicyclic) bond motifs is 1. The molecule has 0 fully saturated rings. The molecule has 0 unspecified atom stereocenters. The second-order valence-corrected chi connectivity index (χ2v) is 7.06. The maximum absolute atomic E-state index is 12.9. The van der Waals surface area contributed by atoms with E-state index in [1.165, 1.54) is 24.4 Å². The van der Waals surface area contributed by atoms with Gasteiger partial charge in [-0.3, -0.25) is 0 Å². The highest BCUT2D eigenvalue weighted by atomic mass is 32.2. The molecular formula is C16H15F2N3O3S. The van der Waals surface area contributed by atoms with Crippen LogP contribution in [0.15, 0.2) is 47.5 Å². The standard InChI is InChI=1S/C16H15F2N3O3S/c17-15(18)14-9-13-12(5-6-19-16(13)21-14)10-1-3-11(4-2-10)25(23,24)20-7-8-22/h1-6,9,15,20,22H,7-8H2,(H,19,21). The summed E-state index contributed by atoms with van der Waals surface area (Å²) in [5.41, 5.74) is 1.46. The van der Waals surface area contributed by atoms with Crippen LogP contribution in [0, 0.1) is 0 Å². The van der Waals surface area contributed by atoms with Crippen molar-refractivity contribution in [3.8, 4) is 11.1 Å². The van der Waals surface area contributed by atoms with E-state index in [9.17, 15) is 17.2 Å². The first-order valence-electron chi connectivity index (χ1n) is 7.39. The number of nitrogens with one attached hydrogen (secondary N) is 2. The fourth-order valence-electron chi connectivity index (χ4n) is 2.49. The van der Waals surface area contributed by atoms with Crippen molar-refractivity contribution in [2.45, 2.75) is 11.3 Å². The van der Waals surface area contributed by atoms with Crippen molar-refractivity contribution in [2.75, 3.05) is 13.2 Å². The van der Waals surface area contributed by atoms with Crippen LogP contribution in [0.4, 0.5) is 8.78 Å². The van der Waals surface area contributed by atoms with Crippen molar-refractivity contribution in [3.63, 3.8) is 0 Å². The minimum Gasteiger partial charge on any atom is -0.395 e. The van der Waals surface area contributed by atoms with Crippen molar-refractivity contribution in [1.29, 1.82) is 0 Å². The summed E-state index contributed by atoms with van der Waals surface area (Å²) < 4.78 is 52.0. The number of aromatic nitrogens is 2. The molecule has 9 heteroatoms. The Hall–Kier alpha value is -2.36. The summed E-state index contributed by atoms with van der Waals surface area (Å²) in [4.78, 5) is 6.67. The first kappa shape index (κ1) is 17.5. The van der Waals surface area contributed by atoms with Crippen LogP contribution < -0.4 is 4.72 Å². The minimum absolute atomic E-state index is 0.0531. The van der Waals surface area contributed by atoms with E-state index in [0.29, 0.717) is 22.2 Å². The zero-order chi connectivity index (χ0) is 18.0. The number of halogens is 2. The van der Waals surface area contributed by atoms with E-state index in [4.69, 9.17) is 5.11 Å². The topological polar surface area (TPSA) is 95.1 Å². The average molecular weight is 367 g/mol. The maximum atomic E-state index is 12.9. The van der Waals surface area contributed by atoms with Gasteiger partial charge in [0.25, 0.3) is 6.43 Å². The lowest BCUT2D eigenvalue weighted by atomic mass is 10.0. The van der Waals surface area contributed by atoms with E-state index >= 15 is 0 Å². The zero-order valence-electron chi connectivity index (χ0n) is 12.9. The van der Waals surface area contributed by atoms with Crippen LogP contribution in [-0.4, -0.2) is 36.6 Å². The summed E-state index contributed by atoms with van der Waals surface area (Å²) in [6.07, 6.45) is -1.14. The average Bonchev–Trinajstić information content (AvgIpc) is 3.05. The second kappa shape index (κ2) is 6.87. The van der Waals surface area contributed by atoms with Crippen molar-refractivity contribution < 1.29 is 22.3 Å². The van der Waals surface area contributed by atoms with Gasteiger partial charge in [0.15, 0.2) is 0 Å². The van der Waals surface area contributed by atoms with E-state index in [0.717, 1.165) is 0 Å². The molecule has 3 aromatic rings. The summed E-state index contributed by atoms with van der Waals surface area (Å²) >= 11 is 0. The first-order valence-corrected chi connectivity index (χ1v) is 8.87. The van der Waals surface area contributed by atoms with Gasteiger partial charge in [-0.2, -0.15) is 0 Å². The third-order valence-electron chi connectivity index (χ3n) is 3.67. The number of pyridine rings is 1. The number of alkyl halides is 2. The van der Waals surface area contributed by atoms with Crippen LogP contribution in [0.2, 0.25) is 0 Å². The first-order chi connectivity index (χ1) is 11.9. The summed E-state index contributed by atoms with van der Waals surface area (Å²) in [6.45, 7) is -0.374. The molecule has 132 valence electrons. The zero-order valence-corrected chi connectivity index (χ0v) is 13.7. The number of aliphatic hydroxyl groups excluding tert-OH is 1. The summed E-state index contributed by atoms with van der Waals surface area (Å²) in [7, 11) is -3.70. The van der Waals surface area contributed by atoms with E-state index in [-0.39, 0.29) is 23.7 Å². The number of H-pyrrole nitrogens is 1. The molecule has 2 heterocycles. The van der Waals surface area contributed by atoms with Crippen LogP contribution in [-0.2, 0) is 10.0 Å². The Labute approximate surface area is 142 Å². The number of rotatable bonds is 6. The lowest BCUT2D eigenvalue weighted by Gasteiger charge is -2.07. The van der Waals surface area contributed by atoms with Crippen LogP contribution >= 0.6 is 0 Å². The van der Waals surface area contributed by atoms with Gasteiger partial charge in [0.2, 0.25) is 10.0 Å². The smallest absolute Gasteiger partial charge is 0.278 e. The molecule has 0 saturated heterocycles. The monoisotopic (exact) mass is 367 g/mol. The Morgan fingerprint density at radius 3 is 2.56 bits per heavy atom. The van der Waals surface area contributed by atoms with Crippen LogP contribution in [0.5, 0.6) is 0 Å². The van der Waals surface area contributed by atoms with Crippen molar-refractivity contribution in [2.24, 2.45) is 0 Å². The summed E-state index contributed by atoms with van der Waals surface area (Å²) in [6, 6.07) is 9.05. The van der Waals surface area contributed by atoms with Crippen LogP contribution in [0.3, 0.4) is 0 Å². The van der Waals surface area contributed by atoms with Gasteiger partial charge in [-0.25, -0.2) is 26.9 Å². The molecular weight excluding hydrogens is 352 g/mol. The van der Waals surface area contributed by atoms with Gasteiger partial charge in [0.05, 0.1) is 17.2 Å². The van der Waals surface area contributed by atoms with Crippen LogP contribution in [0.1, 0.15) is 12.1 Å². The van der Waals surface area contributed by atoms with E-state index < -0.39 is 16.4 Å². The molecule has 2 aromatic heterocycles. The number of hydrogen-bond acceptors (Lipinski definition) is 4. The van der Waals surface area contributed by atoms with E-state index in [2.05, 4.69) is 14.7 Å². The van der Waals surface area contributed by atoms with Gasteiger partial charge < -0.3 is 10.1 Å². The molecule has 0 aliphatic rings. The maximum Gasteiger partial charge on any atom is 0.278 e. The largest absolute Gasteiger partial charge is 0.395 e. The molecule has 0 radical (unpaired) electrons. The molecule has 0 saturated carbocycles. The highest BCUT2D eigenvalue weighted by Crippen LogP contribution is 2.31. The van der Waals surface area contributed by atoms with E-state index in [1.807, 2.05) is 0 Å². The highest BCUT2D eigenvalue weighted by Gasteiger charge is 2.16. The van der Waals surface area contributed by atoms with Gasteiger partial charge in [0, 0.05) is 18.1 Å². The number of aliphatic hydroxyl groups is 1. The molecule has 0 aliphatic heterocycles. The number of benzene rings is 1. The quantitative estimate of drug-likeness (QED) is 0.624. The predicted octanol–water partition coefficient (Wildman–Crippen LogP) is 2.44. The Morgan fingerprint density at radius 1 is 1.20 bits per heavy atom. The number of hydrogen-bond donors (Lipinski definition) is 3. The lowest BCUT2D eigenvalue weighted by molar-refractivity contribution is 0.147. The molecule has 3 rings (SSSR count). The minimum atomic E-state index is -3.70. The van der Waals surface area contributed by atoms with Gasteiger partial charge in [-0.15, -0.1) is 0 Å². The van der Waals surface area contributed by atoms with Gasteiger partial charge >= 0.3 is 0 Å². The molecule has 3 N–H and O–H groups in total. The molecule has 0 amide bonds. The summed E-state index contributed by atoms with van der Waals surface area (Å²) in [5.74, 6) is 0. The fraction of sp³-hybridized carbons (Fsp3) is 0.188. The molecule has 0 aliphatic carbocycles. The summed E-state index contributed by atoms with van der Waals surface area (Å²) in [5, 5.41) is 9.26. The Bertz CT molecular complexity index is 986. The molecule has 0 bridgehead atoms. The molecule has 25 heavy (non-hydrogen) atoms. The molecule has 6 nitrogen and oxygen atoms in total. The Balaban J connectivity index is 1.99. The van der Waals surface area contributed by atoms with Crippen molar-refractivity contribution in [3.05, 3.63) is 48.3 Å². The van der Waals surface area contributed by atoms with Gasteiger partial charge in [-0.1, -0.05) is 12.1 Å². The number of nitrogens with zero attached hydrogens (tertiary/aromatic N) is 1. The van der Waals surface area contributed by atoms with Gasteiger partial charge in [0.1, 0.15) is 5.65 Å². The van der Waals surface area contributed by atoms with E-state index in [1.54, 1.807) is 18.2 Å². The molecule has 1 aromatic carbocycles. The second-order valence-electron chi connectivity index (χ2n) is 5.29. The number of sulfonamides is 1. The molecule has 0 atom stereocenters. The Morgan fingerprint density at radius 2 is 1.92 bits per heavy atom. The third-order valence-corrected chi connectivity index (χ3v) is 5.14. The number of aromatic amines is 1. The molecule has 0 spiro atoms. The van der Waals surface area contributed by atoms with Crippen LogP contribution in [0.25, 0.3) is 22.2 Å². The fourth-order valence-corrected chi connectivity index (χ4v) is 3.51. The SMILES string of the molecule is O=S(=O)(NCCO)c1ccc(-c2ccnc3[nH]c(C(F)F)cc23)cc1. The third kappa shape index (κ3) is 3.53. The Kier molecular flexibility index (Phi) is 4.80. The van der Waals surface area contributed by atoms with Crippen molar-refractivity contribution >= 4 is 21.1 Å². The normalized spacial score (nSPS) is 12.2. The highest BCUT2D eigenvalue weighted by molar-refractivity contribution is 7.89. The predicted molar refractivity (Wildman–Crippen MR) is 88.8 cm³/mol. The lowest BCUT2D eigenvalue weighted by Crippen LogP contribution is -2.26. The van der Waals surface area contributed by atoms with Gasteiger partial charge in [-0.05, 0) is 35.4 Å².